The summed E-state index contributed by atoms with van der Waals surface area (Å²) in [5, 5.41) is 7.02. The Hall–Kier alpha value is -8.14. The smallest absolute Gasteiger partial charge is 0.145 e. The fourth-order valence-corrected chi connectivity index (χ4v) is 10.7. The van der Waals surface area contributed by atoms with Gasteiger partial charge in [-0.3, -0.25) is 0 Å². The van der Waals surface area contributed by atoms with Crippen molar-refractivity contribution in [1.29, 1.82) is 0 Å². The average molecular weight is 819 g/mol. The zero-order valence-electron chi connectivity index (χ0n) is 35.6. The van der Waals surface area contributed by atoms with Crippen LogP contribution in [0.1, 0.15) is 25.0 Å². The minimum atomic E-state index is -0.0658. The van der Waals surface area contributed by atoms with Gasteiger partial charge < -0.3 is 13.9 Å². The molecule has 12 aromatic rings. The molecule has 0 radical (unpaired) electrons. The van der Waals surface area contributed by atoms with Crippen LogP contribution in [0.4, 0.5) is 17.1 Å². The second-order valence-electron chi connectivity index (χ2n) is 17.7. The SMILES string of the molecule is CC1(C)c2ccccc2-c2ccc(-c3ccc(N(c4ccc5ccccc5c4)c4ccc(-c5ccccc5-n5c6ccccc6c6ccccc65)c5oc6ccccc6c45)cc3)cc21. The number of hydrogen-bond acceptors (Lipinski definition) is 2. The minimum Gasteiger partial charge on any atom is -0.455 e. The highest BCUT2D eigenvalue weighted by molar-refractivity contribution is 6.18. The van der Waals surface area contributed by atoms with Crippen molar-refractivity contribution < 1.29 is 4.42 Å². The third kappa shape index (κ3) is 5.41. The molecule has 0 unspecified atom stereocenters. The molecule has 64 heavy (non-hydrogen) atoms. The number of furan rings is 1. The van der Waals surface area contributed by atoms with Gasteiger partial charge in [-0.05, 0) is 111 Å². The lowest BCUT2D eigenvalue weighted by Crippen LogP contribution is -2.14. The van der Waals surface area contributed by atoms with Gasteiger partial charge in [-0.15, -0.1) is 0 Å². The summed E-state index contributed by atoms with van der Waals surface area (Å²) >= 11 is 0. The van der Waals surface area contributed by atoms with Gasteiger partial charge in [0.05, 0.1) is 27.8 Å². The first-order valence-electron chi connectivity index (χ1n) is 22.2. The second kappa shape index (κ2) is 13.9. The molecule has 1 aliphatic carbocycles. The van der Waals surface area contributed by atoms with Crippen molar-refractivity contribution in [2.75, 3.05) is 4.90 Å². The average Bonchev–Trinajstić information content (AvgIpc) is 3.98. The Morgan fingerprint density at radius 3 is 1.81 bits per heavy atom. The molecular weight excluding hydrogens is 777 g/mol. The predicted molar refractivity (Wildman–Crippen MR) is 269 cm³/mol. The van der Waals surface area contributed by atoms with Gasteiger partial charge >= 0.3 is 0 Å². The van der Waals surface area contributed by atoms with Crippen LogP contribution < -0.4 is 4.90 Å². The Morgan fingerprint density at radius 2 is 1.02 bits per heavy atom. The number of nitrogens with zero attached hydrogens (tertiary/aromatic N) is 2. The third-order valence-electron chi connectivity index (χ3n) is 13.8. The summed E-state index contributed by atoms with van der Waals surface area (Å²) in [5.74, 6) is 0. The number of aromatic nitrogens is 1. The summed E-state index contributed by atoms with van der Waals surface area (Å²) in [6.45, 7) is 4.70. The largest absolute Gasteiger partial charge is 0.455 e. The highest BCUT2D eigenvalue weighted by Crippen LogP contribution is 2.51. The zero-order valence-corrected chi connectivity index (χ0v) is 35.6. The van der Waals surface area contributed by atoms with E-state index in [4.69, 9.17) is 4.42 Å². The van der Waals surface area contributed by atoms with Gasteiger partial charge in [0, 0.05) is 44.1 Å². The second-order valence-corrected chi connectivity index (χ2v) is 17.7. The number of rotatable bonds is 6. The van der Waals surface area contributed by atoms with Crippen molar-refractivity contribution in [3.05, 3.63) is 230 Å². The summed E-state index contributed by atoms with van der Waals surface area (Å²) < 4.78 is 9.44. The van der Waals surface area contributed by atoms with Crippen LogP contribution in [-0.2, 0) is 5.41 Å². The van der Waals surface area contributed by atoms with E-state index >= 15 is 0 Å². The van der Waals surface area contributed by atoms with E-state index in [0.29, 0.717) is 0 Å². The monoisotopic (exact) mass is 818 g/mol. The summed E-state index contributed by atoms with van der Waals surface area (Å²) in [6, 6.07) is 79.5. The molecular formula is C61H42N2O. The summed E-state index contributed by atoms with van der Waals surface area (Å²) in [4.78, 5) is 2.41. The lowest BCUT2D eigenvalue weighted by atomic mass is 9.81. The maximum Gasteiger partial charge on any atom is 0.145 e. The molecule has 0 aliphatic heterocycles. The van der Waals surface area contributed by atoms with Crippen LogP contribution in [0, 0.1) is 0 Å². The standard InChI is InChI=1S/C61H42N2O/c1-61(2)52-22-10-5-17-45(52)46-34-30-42(38-53(46)61)40-27-31-43(32-28-40)62(44-33-29-39-15-3-4-16-41(39)37-44)57-36-35-50(60-59(57)51-21-9-14-26-58(51)64-60)49-20-8-13-25-56(49)63-54-23-11-6-18-47(54)48-19-7-12-24-55(48)63/h3-38H,1-2H3. The highest BCUT2D eigenvalue weighted by atomic mass is 16.3. The number of fused-ring (bicyclic) bond motifs is 10. The van der Waals surface area contributed by atoms with Crippen LogP contribution in [0.2, 0.25) is 0 Å². The molecule has 302 valence electrons. The minimum absolute atomic E-state index is 0.0658. The van der Waals surface area contributed by atoms with E-state index in [1.54, 1.807) is 0 Å². The molecule has 13 rings (SSSR count). The number of para-hydroxylation sites is 4. The van der Waals surface area contributed by atoms with Crippen molar-refractivity contribution in [2.45, 2.75) is 19.3 Å². The molecule has 1 aliphatic rings. The maximum atomic E-state index is 7.04. The summed E-state index contributed by atoms with van der Waals surface area (Å²) in [5.41, 5.74) is 18.3. The molecule has 0 saturated heterocycles. The van der Waals surface area contributed by atoms with E-state index in [-0.39, 0.29) is 5.41 Å². The van der Waals surface area contributed by atoms with Crippen molar-refractivity contribution in [3.8, 4) is 39.1 Å². The van der Waals surface area contributed by atoms with E-state index in [1.807, 2.05) is 0 Å². The fraction of sp³-hybridized carbons (Fsp3) is 0.0492. The molecule has 0 amide bonds. The third-order valence-corrected chi connectivity index (χ3v) is 13.8. The van der Waals surface area contributed by atoms with Crippen molar-refractivity contribution in [1.82, 2.24) is 4.57 Å². The van der Waals surface area contributed by atoms with E-state index in [0.717, 1.165) is 55.8 Å². The molecule has 0 bridgehead atoms. The summed E-state index contributed by atoms with van der Waals surface area (Å²) in [6.07, 6.45) is 0. The summed E-state index contributed by atoms with van der Waals surface area (Å²) in [7, 11) is 0. The number of hydrogen-bond donors (Lipinski definition) is 0. The molecule has 3 nitrogen and oxygen atoms in total. The Morgan fingerprint density at radius 1 is 0.422 bits per heavy atom. The van der Waals surface area contributed by atoms with Crippen LogP contribution >= 0.6 is 0 Å². The topological polar surface area (TPSA) is 21.3 Å². The molecule has 2 aromatic heterocycles. The molecule has 2 heterocycles. The van der Waals surface area contributed by atoms with Gasteiger partial charge in [0.15, 0.2) is 0 Å². The Balaban J connectivity index is 1.01. The number of benzene rings is 10. The van der Waals surface area contributed by atoms with E-state index < -0.39 is 0 Å². The van der Waals surface area contributed by atoms with E-state index in [1.165, 1.54) is 66.0 Å². The van der Waals surface area contributed by atoms with Crippen LogP contribution in [0.15, 0.2) is 223 Å². The van der Waals surface area contributed by atoms with Gasteiger partial charge in [0.25, 0.3) is 0 Å². The lowest BCUT2D eigenvalue weighted by molar-refractivity contribution is 0.660. The number of anilines is 3. The first kappa shape index (κ1) is 36.5. The van der Waals surface area contributed by atoms with Gasteiger partial charge in [-0.1, -0.05) is 166 Å². The van der Waals surface area contributed by atoms with E-state index in [2.05, 4.69) is 242 Å². The van der Waals surface area contributed by atoms with Gasteiger partial charge in [-0.2, -0.15) is 0 Å². The Labute approximate surface area is 371 Å². The van der Waals surface area contributed by atoms with Crippen LogP contribution in [0.25, 0.3) is 93.6 Å². The van der Waals surface area contributed by atoms with E-state index in [9.17, 15) is 0 Å². The van der Waals surface area contributed by atoms with Crippen molar-refractivity contribution >= 4 is 71.6 Å². The van der Waals surface area contributed by atoms with Gasteiger partial charge in [0.2, 0.25) is 0 Å². The van der Waals surface area contributed by atoms with Crippen LogP contribution in [0.5, 0.6) is 0 Å². The quantitative estimate of drug-likeness (QED) is 0.167. The van der Waals surface area contributed by atoms with Crippen molar-refractivity contribution in [3.63, 3.8) is 0 Å². The van der Waals surface area contributed by atoms with Crippen molar-refractivity contribution in [2.24, 2.45) is 0 Å². The zero-order chi connectivity index (χ0) is 42.5. The van der Waals surface area contributed by atoms with Crippen LogP contribution in [0.3, 0.4) is 0 Å². The molecule has 0 atom stereocenters. The predicted octanol–water partition coefficient (Wildman–Crippen LogP) is 16.9. The first-order valence-corrected chi connectivity index (χ1v) is 22.2. The molecule has 0 fully saturated rings. The highest BCUT2D eigenvalue weighted by Gasteiger charge is 2.35. The normalized spacial score (nSPS) is 13.0. The maximum absolute atomic E-state index is 7.04. The molecule has 3 heteroatoms. The molecule has 0 saturated carbocycles. The molecule has 0 N–H and O–H groups in total. The Kier molecular flexibility index (Phi) is 7.95. The van der Waals surface area contributed by atoms with Gasteiger partial charge in [-0.25, -0.2) is 0 Å². The molecule has 10 aromatic carbocycles. The molecule has 0 spiro atoms. The fourth-order valence-electron chi connectivity index (χ4n) is 10.7. The first-order chi connectivity index (χ1) is 31.5. The Bertz CT molecular complexity index is 3770. The lowest BCUT2D eigenvalue weighted by Gasteiger charge is -2.27. The van der Waals surface area contributed by atoms with Crippen LogP contribution in [-0.4, -0.2) is 4.57 Å². The van der Waals surface area contributed by atoms with Gasteiger partial charge in [0.1, 0.15) is 11.2 Å².